The van der Waals surface area contributed by atoms with Crippen molar-refractivity contribution in [3.05, 3.63) is 0 Å². The molecule has 66 valence electrons. The maximum absolute atomic E-state index is 3.47. The smallest absolute Gasteiger partial charge is 0.00510 e. The zero-order valence-corrected chi connectivity index (χ0v) is 7.40. The Labute approximate surface area is 70.4 Å². The Morgan fingerprint density at radius 3 is 3.00 bits per heavy atom. The monoisotopic (exact) mass is 156 g/mol. The molecule has 11 heavy (non-hydrogen) atoms. The fraction of sp³-hybridized carbons (Fsp3) is 1.00. The molecule has 0 aliphatic carbocycles. The van der Waals surface area contributed by atoms with Gasteiger partial charge in [-0.1, -0.05) is 6.92 Å². The average Bonchev–Trinajstić information content (AvgIpc) is 2.62. The van der Waals surface area contributed by atoms with Crippen molar-refractivity contribution in [3.8, 4) is 0 Å². The molecule has 2 aliphatic heterocycles. The molecule has 0 radical (unpaired) electrons. The van der Waals surface area contributed by atoms with Crippen LogP contribution in [0.15, 0.2) is 0 Å². The summed E-state index contributed by atoms with van der Waals surface area (Å²) < 4.78 is 0. The summed E-state index contributed by atoms with van der Waals surface area (Å²) in [5.41, 5.74) is 0.677. The Bertz CT molecular complexity index is 143. The highest BCUT2D eigenvalue weighted by molar-refractivity contribution is 4.95. The molecule has 2 saturated heterocycles. The van der Waals surface area contributed by atoms with Crippen molar-refractivity contribution >= 4 is 0 Å². The fourth-order valence-corrected chi connectivity index (χ4v) is 2.44. The van der Waals surface area contributed by atoms with Gasteiger partial charge in [-0.3, -0.25) is 0 Å². The topological polar surface area (TPSA) is 15.3 Å². The SMILES string of the molecule is CCN1CCC2(CCNC2)C1.[HH]. The normalized spacial score (nSPS) is 39.0. The van der Waals surface area contributed by atoms with Gasteiger partial charge in [-0.15, -0.1) is 0 Å². The lowest BCUT2D eigenvalue weighted by molar-refractivity contribution is 0.284. The number of nitrogens with zero attached hydrogens (tertiary/aromatic N) is 1. The van der Waals surface area contributed by atoms with Gasteiger partial charge in [-0.05, 0) is 37.9 Å². The Hall–Kier alpha value is -0.0800. The molecule has 0 bridgehead atoms. The van der Waals surface area contributed by atoms with Gasteiger partial charge < -0.3 is 10.2 Å². The van der Waals surface area contributed by atoms with Crippen LogP contribution in [0.5, 0.6) is 0 Å². The molecule has 0 aromatic heterocycles. The molecule has 2 rings (SSSR count). The number of likely N-dealkylation sites (tertiary alicyclic amines) is 1. The maximum atomic E-state index is 3.47. The van der Waals surface area contributed by atoms with Crippen molar-refractivity contribution in [1.29, 1.82) is 0 Å². The largest absolute Gasteiger partial charge is 0.316 e. The average molecular weight is 156 g/mol. The van der Waals surface area contributed by atoms with E-state index in [-0.39, 0.29) is 1.43 Å². The Morgan fingerprint density at radius 1 is 1.55 bits per heavy atom. The van der Waals surface area contributed by atoms with Crippen LogP contribution >= 0.6 is 0 Å². The molecular formula is C9H20N2. The molecule has 1 spiro atoms. The van der Waals surface area contributed by atoms with E-state index in [0.717, 1.165) is 0 Å². The second-order valence-electron chi connectivity index (χ2n) is 4.05. The number of hydrogen-bond donors (Lipinski definition) is 1. The summed E-state index contributed by atoms with van der Waals surface area (Å²) in [6.45, 7) is 8.69. The standard InChI is InChI=1S/C9H18N2.H2/c1-2-11-6-4-9(8-11)3-5-10-7-9;/h10H,2-8H2,1H3;1H. The first-order valence-electron chi connectivity index (χ1n) is 4.78. The second kappa shape index (κ2) is 2.76. The molecule has 2 nitrogen and oxygen atoms in total. The van der Waals surface area contributed by atoms with Crippen LogP contribution in [-0.4, -0.2) is 37.6 Å². The highest BCUT2D eigenvalue weighted by atomic mass is 15.2. The van der Waals surface area contributed by atoms with E-state index in [0.29, 0.717) is 5.41 Å². The van der Waals surface area contributed by atoms with Gasteiger partial charge in [-0.25, -0.2) is 0 Å². The van der Waals surface area contributed by atoms with Gasteiger partial charge in [0.15, 0.2) is 0 Å². The van der Waals surface area contributed by atoms with Gasteiger partial charge in [0.25, 0.3) is 0 Å². The van der Waals surface area contributed by atoms with E-state index in [4.69, 9.17) is 0 Å². The van der Waals surface area contributed by atoms with Crippen molar-refractivity contribution < 1.29 is 1.43 Å². The van der Waals surface area contributed by atoms with Gasteiger partial charge in [0, 0.05) is 14.5 Å². The molecule has 2 fully saturated rings. The lowest BCUT2D eigenvalue weighted by atomic mass is 9.87. The Kier molecular flexibility index (Phi) is 1.90. The van der Waals surface area contributed by atoms with Crippen LogP contribution < -0.4 is 5.32 Å². The minimum atomic E-state index is 0. The van der Waals surface area contributed by atoms with E-state index in [2.05, 4.69) is 17.1 Å². The van der Waals surface area contributed by atoms with Crippen LogP contribution in [0.2, 0.25) is 0 Å². The van der Waals surface area contributed by atoms with E-state index >= 15 is 0 Å². The molecule has 0 saturated carbocycles. The summed E-state index contributed by atoms with van der Waals surface area (Å²) in [4.78, 5) is 2.58. The predicted molar refractivity (Wildman–Crippen MR) is 48.8 cm³/mol. The summed E-state index contributed by atoms with van der Waals surface area (Å²) in [5.74, 6) is 0. The third kappa shape index (κ3) is 1.30. The molecule has 2 heteroatoms. The van der Waals surface area contributed by atoms with Gasteiger partial charge in [-0.2, -0.15) is 0 Å². The van der Waals surface area contributed by atoms with Crippen molar-refractivity contribution in [2.75, 3.05) is 32.7 Å². The highest BCUT2D eigenvalue weighted by Crippen LogP contribution is 2.35. The third-order valence-electron chi connectivity index (χ3n) is 3.30. The zero-order chi connectivity index (χ0) is 7.73. The third-order valence-corrected chi connectivity index (χ3v) is 3.30. The van der Waals surface area contributed by atoms with Gasteiger partial charge in [0.1, 0.15) is 0 Å². The van der Waals surface area contributed by atoms with Crippen LogP contribution in [0.25, 0.3) is 0 Å². The van der Waals surface area contributed by atoms with Crippen LogP contribution in [0, 0.1) is 5.41 Å². The number of nitrogens with one attached hydrogen (secondary N) is 1. The minimum Gasteiger partial charge on any atom is -0.316 e. The molecule has 2 aliphatic rings. The summed E-state index contributed by atoms with van der Waals surface area (Å²) in [5, 5.41) is 3.47. The van der Waals surface area contributed by atoms with Crippen molar-refractivity contribution in [2.45, 2.75) is 19.8 Å². The lowest BCUT2D eigenvalue weighted by Crippen LogP contribution is -2.28. The summed E-state index contributed by atoms with van der Waals surface area (Å²) in [6, 6.07) is 0. The van der Waals surface area contributed by atoms with Gasteiger partial charge in [0.2, 0.25) is 0 Å². The molecule has 1 N–H and O–H groups in total. The first-order chi connectivity index (χ1) is 5.35. The molecular weight excluding hydrogens is 136 g/mol. The molecule has 0 aromatic rings. The lowest BCUT2D eigenvalue weighted by Gasteiger charge is -2.21. The maximum Gasteiger partial charge on any atom is 0.00510 e. The fourth-order valence-electron chi connectivity index (χ4n) is 2.44. The van der Waals surface area contributed by atoms with Crippen molar-refractivity contribution in [3.63, 3.8) is 0 Å². The van der Waals surface area contributed by atoms with Gasteiger partial charge >= 0.3 is 0 Å². The van der Waals surface area contributed by atoms with Crippen LogP contribution in [0.4, 0.5) is 0 Å². The van der Waals surface area contributed by atoms with Crippen molar-refractivity contribution in [1.82, 2.24) is 10.2 Å². The molecule has 0 aromatic carbocycles. The van der Waals surface area contributed by atoms with E-state index in [1.54, 1.807) is 0 Å². The first kappa shape index (κ1) is 7.56. The Morgan fingerprint density at radius 2 is 2.45 bits per heavy atom. The van der Waals surface area contributed by atoms with E-state index < -0.39 is 0 Å². The van der Waals surface area contributed by atoms with E-state index in [1.165, 1.54) is 45.6 Å². The van der Waals surface area contributed by atoms with Crippen molar-refractivity contribution in [2.24, 2.45) is 5.41 Å². The first-order valence-corrected chi connectivity index (χ1v) is 4.78. The van der Waals surface area contributed by atoms with E-state index in [9.17, 15) is 0 Å². The van der Waals surface area contributed by atoms with Crippen LogP contribution in [0.1, 0.15) is 21.2 Å². The van der Waals surface area contributed by atoms with Crippen LogP contribution in [0.3, 0.4) is 0 Å². The predicted octanol–water partition coefficient (Wildman–Crippen LogP) is 0.938. The summed E-state index contributed by atoms with van der Waals surface area (Å²) in [7, 11) is 0. The number of hydrogen-bond acceptors (Lipinski definition) is 2. The minimum absolute atomic E-state index is 0. The summed E-state index contributed by atoms with van der Waals surface area (Å²) >= 11 is 0. The molecule has 1 atom stereocenters. The zero-order valence-electron chi connectivity index (χ0n) is 7.40. The summed E-state index contributed by atoms with van der Waals surface area (Å²) in [6.07, 6.45) is 2.83. The molecule has 1 unspecified atom stereocenters. The Balaban J connectivity index is 0.000000720. The van der Waals surface area contributed by atoms with Gasteiger partial charge in [0.05, 0.1) is 0 Å². The second-order valence-corrected chi connectivity index (χ2v) is 4.05. The highest BCUT2D eigenvalue weighted by Gasteiger charge is 2.39. The quantitative estimate of drug-likeness (QED) is 0.608. The number of rotatable bonds is 1. The molecule has 0 amide bonds. The van der Waals surface area contributed by atoms with Crippen LogP contribution in [-0.2, 0) is 0 Å². The molecule has 2 heterocycles. The van der Waals surface area contributed by atoms with E-state index in [1.807, 2.05) is 0 Å².